The van der Waals surface area contributed by atoms with Gasteiger partial charge in [0.2, 0.25) is 10.0 Å². The molecule has 136 valence electrons. The maximum Gasteiger partial charge on any atom is 0.243 e. The van der Waals surface area contributed by atoms with Crippen LogP contribution in [0.25, 0.3) is 0 Å². The van der Waals surface area contributed by atoms with E-state index in [4.69, 9.17) is 4.74 Å². The minimum absolute atomic E-state index is 0.0609. The molecule has 7 heteroatoms. The number of sulfonamides is 1. The van der Waals surface area contributed by atoms with Crippen LogP contribution in [0, 0.1) is 5.41 Å². The highest BCUT2D eigenvalue weighted by Gasteiger charge is 2.38. The Hall–Kier alpha value is -1.41. The zero-order chi connectivity index (χ0) is 17.9. The van der Waals surface area contributed by atoms with E-state index in [9.17, 15) is 13.5 Å². The van der Waals surface area contributed by atoms with Crippen LogP contribution in [0.1, 0.15) is 18.4 Å². The summed E-state index contributed by atoms with van der Waals surface area (Å²) in [4.78, 5) is 0.365. The van der Waals surface area contributed by atoms with Crippen LogP contribution in [0.4, 0.5) is 0 Å². The highest BCUT2D eigenvalue weighted by molar-refractivity contribution is 7.89. The lowest BCUT2D eigenvalue weighted by molar-refractivity contribution is 0.0684. The van der Waals surface area contributed by atoms with Crippen molar-refractivity contribution in [3.05, 3.63) is 46.7 Å². The lowest BCUT2D eigenvalue weighted by Gasteiger charge is -2.40. The van der Waals surface area contributed by atoms with Gasteiger partial charge in [-0.1, -0.05) is 12.1 Å². The number of ether oxygens (including phenoxy) is 1. The van der Waals surface area contributed by atoms with Crippen molar-refractivity contribution in [3.63, 3.8) is 0 Å². The van der Waals surface area contributed by atoms with Crippen LogP contribution in [0.3, 0.4) is 0 Å². The molecule has 1 aliphatic heterocycles. The normalized spacial score (nSPS) is 18.2. The number of benzene rings is 1. The summed E-state index contributed by atoms with van der Waals surface area (Å²) >= 11 is 1.38. The molecule has 1 saturated heterocycles. The minimum Gasteiger partial charge on any atom is -0.497 e. The fraction of sp³-hybridized carbons (Fsp3) is 0.444. The lowest BCUT2D eigenvalue weighted by atomic mass is 9.75. The molecule has 0 radical (unpaired) electrons. The van der Waals surface area contributed by atoms with Crippen LogP contribution in [0.5, 0.6) is 5.75 Å². The van der Waals surface area contributed by atoms with Crippen LogP contribution >= 0.6 is 11.3 Å². The molecule has 1 aromatic heterocycles. The fourth-order valence-corrected chi connectivity index (χ4v) is 5.77. The van der Waals surface area contributed by atoms with Gasteiger partial charge < -0.3 is 9.84 Å². The largest absolute Gasteiger partial charge is 0.497 e. The monoisotopic (exact) mass is 381 g/mol. The SMILES string of the molecule is COc1ccc(CC2(CO)CCN(S(=O)(=O)c3ccsc3)CC2)cc1. The molecule has 2 aromatic rings. The molecular formula is C18H23NO4S2. The predicted octanol–water partition coefficient (Wildman–Crippen LogP) is 2.76. The third-order valence-corrected chi connectivity index (χ3v) is 7.72. The number of rotatable bonds is 6. The van der Waals surface area contributed by atoms with Gasteiger partial charge in [0, 0.05) is 25.1 Å². The first-order chi connectivity index (χ1) is 12.0. The summed E-state index contributed by atoms with van der Waals surface area (Å²) in [5.74, 6) is 0.804. The van der Waals surface area contributed by atoms with Crippen LogP contribution in [0.2, 0.25) is 0 Å². The van der Waals surface area contributed by atoms with Crippen LogP contribution in [-0.4, -0.2) is 44.6 Å². The van der Waals surface area contributed by atoms with Gasteiger partial charge >= 0.3 is 0 Å². The van der Waals surface area contributed by atoms with Gasteiger partial charge in [0.25, 0.3) is 0 Å². The Balaban J connectivity index is 1.69. The first kappa shape index (κ1) is 18.4. The summed E-state index contributed by atoms with van der Waals surface area (Å²) < 4.78 is 32.0. The Morgan fingerprint density at radius 2 is 1.88 bits per heavy atom. The number of methoxy groups -OCH3 is 1. The van der Waals surface area contributed by atoms with E-state index < -0.39 is 10.0 Å². The summed E-state index contributed by atoms with van der Waals surface area (Å²) in [6.07, 6.45) is 2.04. The zero-order valence-electron chi connectivity index (χ0n) is 14.2. The van der Waals surface area contributed by atoms with Crippen molar-refractivity contribution in [2.45, 2.75) is 24.2 Å². The molecule has 1 aliphatic rings. The molecule has 1 fully saturated rings. The molecule has 25 heavy (non-hydrogen) atoms. The maximum absolute atomic E-state index is 12.6. The quantitative estimate of drug-likeness (QED) is 0.836. The molecule has 0 amide bonds. The molecule has 0 atom stereocenters. The smallest absolute Gasteiger partial charge is 0.243 e. The molecule has 0 saturated carbocycles. The van der Waals surface area contributed by atoms with Crippen molar-refractivity contribution in [2.75, 3.05) is 26.8 Å². The van der Waals surface area contributed by atoms with Gasteiger partial charge in [-0.05, 0) is 53.8 Å². The van der Waals surface area contributed by atoms with Crippen molar-refractivity contribution >= 4 is 21.4 Å². The Morgan fingerprint density at radius 3 is 2.40 bits per heavy atom. The van der Waals surface area contributed by atoms with Gasteiger partial charge in [0.1, 0.15) is 5.75 Å². The highest BCUT2D eigenvalue weighted by atomic mass is 32.2. The molecule has 0 spiro atoms. The molecule has 2 heterocycles. The second-order valence-corrected chi connectivity index (χ2v) is 9.26. The van der Waals surface area contributed by atoms with Gasteiger partial charge in [-0.15, -0.1) is 0 Å². The first-order valence-corrected chi connectivity index (χ1v) is 10.6. The van der Waals surface area contributed by atoms with E-state index in [1.807, 2.05) is 24.3 Å². The number of aliphatic hydroxyl groups is 1. The van der Waals surface area contributed by atoms with Crippen molar-refractivity contribution in [1.29, 1.82) is 0 Å². The van der Waals surface area contributed by atoms with E-state index in [1.165, 1.54) is 15.6 Å². The third kappa shape index (κ3) is 3.89. The lowest BCUT2D eigenvalue weighted by Crippen LogP contribution is -2.45. The fourth-order valence-electron chi connectivity index (χ4n) is 3.32. The summed E-state index contributed by atoms with van der Waals surface area (Å²) in [5.41, 5.74) is 0.860. The molecular weight excluding hydrogens is 358 g/mol. The minimum atomic E-state index is -3.41. The average molecular weight is 382 g/mol. The molecule has 0 unspecified atom stereocenters. The number of nitrogens with zero attached hydrogens (tertiary/aromatic N) is 1. The van der Waals surface area contributed by atoms with E-state index in [1.54, 1.807) is 23.9 Å². The molecule has 5 nitrogen and oxygen atoms in total. The van der Waals surface area contributed by atoms with E-state index in [0.29, 0.717) is 30.8 Å². The van der Waals surface area contributed by atoms with Crippen LogP contribution < -0.4 is 4.74 Å². The predicted molar refractivity (Wildman–Crippen MR) is 98.5 cm³/mol. The van der Waals surface area contributed by atoms with Gasteiger partial charge in [-0.3, -0.25) is 0 Å². The van der Waals surface area contributed by atoms with Crippen molar-refractivity contribution in [3.8, 4) is 5.75 Å². The number of hydrogen-bond donors (Lipinski definition) is 1. The summed E-state index contributed by atoms with van der Waals surface area (Å²) in [6, 6.07) is 9.48. The van der Waals surface area contributed by atoms with Crippen molar-refractivity contribution in [2.24, 2.45) is 5.41 Å². The molecule has 0 bridgehead atoms. The van der Waals surface area contributed by atoms with Crippen molar-refractivity contribution in [1.82, 2.24) is 4.31 Å². The summed E-state index contributed by atoms with van der Waals surface area (Å²) in [7, 11) is -1.78. The Kier molecular flexibility index (Phi) is 5.48. The van der Waals surface area contributed by atoms with Gasteiger partial charge in [0.05, 0.1) is 12.0 Å². The number of thiophene rings is 1. The Morgan fingerprint density at radius 1 is 1.20 bits per heavy atom. The van der Waals surface area contributed by atoms with E-state index in [2.05, 4.69) is 0 Å². The van der Waals surface area contributed by atoms with E-state index in [-0.39, 0.29) is 12.0 Å². The Bertz CT molecular complexity index is 777. The average Bonchev–Trinajstić information content (AvgIpc) is 3.18. The van der Waals surface area contributed by atoms with Gasteiger partial charge in [-0.25, -0.2) is 8.42 Å². The van der Waals surface area contributed by atoms with Gasteiger partial charge in [0.15, 0.2) is 0 Å². The first-order valence-electron chi connectivity index (χ1n) is 8.25. The van der Waals surface area contributed by atoms with Gasteiger partial charge in [-0.2, -0.15) is 15.6 Å². The number of aliphatic hydroxyl groups excluding tert-OH is 1. The molecule has 0 aliphatic carbocycles. The topological polar surface area (TPSA) is 66.8 Å². The molecule has 3 rings (SSSR count). The third-order valence-electron chi connectivity index (χ3n) is 4.99. The molecule has 1 aromatic carbocycles. The van der Waals surface area contributed by atoms with Crippen LogP contribution in [0.15, 0.2) is 46.0 Å². The standard InChI is InChI=1S/C18H23NO4S2/c1-23-16-4-2-15(3-5-16)12-18(14-20)7-9-19(10-8-18)25(21,22)17-6-11-24-13-17/h2-6,11,13,20H,7-10,12,14H2,1H3. The van der Waals surface area contributed by atoms with Crippen LogP contribution in [-0.2, 0) is 16.4 Å². The zero-order valence-corrected chi connectivity index (χ0v) is 15.9. The maximum atomic E-state index is 12.6. The summed E-state index contributed by atoms with van der Waals surface area (Å²) in [6.45, 7) is 0.940. The second kappa shape index (κ2) is 7.45. The molecule has 1 N–H and O–H groups in total. The van der Waals surface area contributed by atoms with E-state index >= 15 is 0 Å². The summed E-state index contributed by atoms with van der Waals surface area (Å²) in [5, 5.41) is 13.4. The number of piperidine rings is 1. The number of hydrogen-bond acceptors (Lipinski definition) is 5. The second-order valence-electron chi connectivity index (χ2n) is 6.55. The Labute approximate surface area is 152 Å². The highest BCUT2D eigenvalue weighted by Crippen LogP contribution is 2.37. The van der Waals surface area contributed by atoms with Crippen molar-refractivity contribution < 1.29 is 18.3 Å². The van der Waals surface area contributed by atoms with E-state index in [0.717, 1.165) is 17.7 Å².